The fourth-order valence-corrected chi connectivity index (χ4v) is 6.44. The lowest BCUT2D eigenvalue weighted by atomic mass is 9.96. The number of benzene rings is 2. The van der Waals surface area contributed by atoms with Crippen LogP contribution in [0.5, 0.6) is 0 Å². The number of hydrogen-bond donors (Lipinski definition) is 1. The third-order valence-corrected chi connectivity index (χ3v) is 8.68. The van der Waals surface area contributed by atoms with Gasteiger partial charge in [0.2, 0.25) is 0 Å². The van der Waals surface area contributed by atoms with E-state index in [9.17, 15) is 18.0 Å². The van der Waals surface area contributed by atoms with Crippen LogP contribution < -0.4 is 5.32 Å². The number of nitrogens with one attached hydrogen (secondary N) is 1. The fraction of sp³-hybridized carbons (Fsp3) is 0.594. The van der Waals surface area contributed by atoms with Gasteiger partial charge >= 0.3 is 12.1 Å². The Kier molecular flexibility index (Phi) is 13.4. The third kappa shape index (κ3) is 9.58. The molecule has 0 saturated carbocycles. The minimum atomic E-state index is -4.79. The quantitative estimate of drug-likeness (QED) is 0.432. The SMILES string of the molecule is Cl.Cl.O=C(N1CCc2cc(CN3CCCCC3)ccc2C1)C(F)(F)F.c1cc2c(cc1CN1CCCCC1)CCNC2. The molecule has 6 rings (SSSR count). The van der Waals surface area contributed by atoms with Crippen molar-refractivity contribution in [1.82, 2.24) is 20.0 Å². The van der Waals surface area contributed by atoms with Crippen molar-refractivity contribution in [1.29, 1.82) is 0 Å². The normalized spacial score (nSPS) is 19.3. The van der Waals surface area contributed by atoms with Crippen LogP contribution >= 0.6 is 24.8 Å². The number of hydrogen-bond acceptors (Lipinski definition) is 4. The Morgan fingerprint density at radius 2 is 1.21 bits per heavy atom. The van der Waals surface area contributed by atoms with Gasteiger partial charge in [0.05, 0.1) is 0 Å². The molecule has 0 atom stereocenters. The molecular formula is C32H45Cl2F3N4O. The second kappa shape index (κ2) is 16.3. The van der Waals surface area contributed by atoms with Gasteiger partial charge in [-0.25, -0.2) is 0 Å². The maximum atomic E-state index is 12.5. The summed E-state index contributed by atoms with van der Waals surface area (Å²) >= 11 is 0. The lowest BCUT2D eigenvalue weighted by Crippen LogP contribution is -2.43. The molecule has 10 heteroatoms. The molecule has 2 aromatic carbocycles. The molecule has 0 unspecified atom stereocenters. The predicted octanol–water partition coefficient (Wildman–Crippen LogP) is 6.28. The molecule has 1 amide bonds. The summed E-state index contributed by atoms with van der Waals surface area (Å²) < 4.78 is 37.6. The van der Waals surface area contributed by atoms with Crippen molar-refractivity contribution in [2.45, 2.75) is 83.7 Å². The van der Waals surface area contributed by atoms with E-state index in [4.69, 9.17) is 0 Å². The molecule has 0 radical (unpaired) electrons. The van der Waals surface area contributed by atoms with Crippen molar-refractivity contribution in [3.8, 4) is 0 Å². The zero-order valence-corrected chi connectivity index (χ0v) is 26.0. The van der Waals surface area contributed by atoms with Crippen molar-refractivity contribution >= 4 is 30.7 Å². The number of carbonyl (C=O) groups excluding carboxylic acids is 1. The maximum absolute atomic E-state index is 12.5. The Balaban J connectivity index is 0.000000228. The number of alkyl halides is 3. The van der Waals surface area contributed by atoms with Crippen LogP contribution in [0.25, 0.3) is 0 Å². The summed E-state index contributed by atoms with van der Waals surface area (Å²) in [6, 6.07) is 13.0. The average molecular weight is 630 g/mol. The molecule has 4 aliphatic rings. The molecule has 2 saturated heterocycles. The van der Waals surface area contributed by atoms with Crippen LogP contribution in [0.15, 0.2) is 36.4 Å². The molecule has 0 aromatic heterocycles. The van der Waals surface area contributed by atoms with Gasteiger partial charge in [-0.3, -0.25) is 14.6 Å². The highest BCUT2D eigenvalue weighted by Crippen LogP contribution is 2.26. The maximum Gasteiger partial charge on any atom is 0.471 e. The number of likely N-dealkylation sites (tertiary alicyclic amines) is 2. The minimum absolute atomic E-state index is 0. The summed E-state index contributed by atoms with van der Waals surface area (Å²) in [7, 11) is 0. The van der Waals surface area contributed by atoms with Crippen molar-refractivity contribution < 1.29 is 18.0 Å². The van der Waals surface area contributed by atoms with Gasteiger partial charge in [-0.05, 0) is 105 Å². The molecule has 0 bridgehead atoms. The van der Waals surface area contributed by atoms with Gasteiger partial charge in [0, 0.05) is 32.7 Å². The number of piperidine rings is 2. The Morgan fingerprint density at radius 1 is 0.690 bits per heavy atom. The number of rotatable bonds is 4. The molecular weight excluding hydrogens is 584 g/mol. The predicted molar refractivity (Wildman–Crippen MR) is 166 cm³/mol. The van der Waals surface area contributed by atoms with E-state index < -0.39 is 12.1 Å². The minimum Gasteiger partial charge on any atom is -0.330 e. The van der Waals surface area contributed by atoms with Crippen LogP contribution in [-0.2, 0) is 43.8 Å². The van der Waals surface area contributed by atoms with Gasteiger partial charge in [-0.2, -0.15) is 13.2 Å². The molecule has 1 N–H and O–H groups in total. The Labute approximate surface area is 261 Å². The summed E-state index contributed by atoms with van der Waals surface area (Å²) in [5.41, 5.74) is 7.69. The first-order valence-electron chi connectivity index (χ1n) is 15.1. The highest BCUT2D eigenvalue weighted by atomic mass is 35.5. The van der Waals surface area contributed by atoms with Gasteiger partial charge in [0.1, 0.15) is 0 Å². The second-order valence-electron chi connectivity index (χ2n) is 11.8. The number of carbonyl (C=O) groups is 1. The van der Waals surface area contributed by atoms with E-state index in [-0.39, 0.29) is 37.9 Å². The van der Waals surface area contributed by atoms with Crippen molar-refractivity contribution in [2.75, 3.05) is 39.3 Å². The first kappa shape index (κ1) is 34.6. The van der Waals surface area contributed by atoms with Crippen LogP contribution in [0.4, 0.5) is 13.2 Å². The summed E-state index contributed by atoms with van der Waals surface area (Å²) in [6.45, 7) is 9.25. The average Bonchev–Trinajstić information content (AvgIpc) is 2.97. The van der Waals surface area contributed by atoms with Gasteiger partial charge < -0.3 is 10.2 Å². The monoisotopic (exact) mass is 628 g/mol. The zero-order valence-electron chi connectivity index (χ0n) is 24.4. The van der Waals surface area contributed by atoms with Gasteiger partial charge in [-0.1, -0.05) is 49.2 Å². The molecule has 4 heterocycles. The van der Waals surface area contributed by atoms with Gasteiger partial charge in [0.25, 0.3) is 0 Å². The first-order chi connectivity index (χ1) is 19.3. The number of nitrogens with zero attached hydrogens (tertiary/aromatic N) is 3. The summed E-state index contributed by atoms with van der Waals surface area (Å²) in [4.78, 5) is 17.3. The molecule has 42 heavy (non-hydrogen) atoms. The van der Waals surface area contributed by atoms with Crippen LogP contribution in [0, 0.1) is 0 Å². The van der Waals surface area contributed by atoms with Crippen molar-refractivity contribution in [2.24, 2.45) is 0 Å². The Bertz CT molecular complexity index is 1150. The van der Waals surface area contributed by atoms with Gasteiger partial charge in [-0.15, -0.1) is 24.8 Å². The number of amides is 1. The molecule has 4 aliphatic heterocycles. The van der Waals surface area contributed by atoms with E-state index >= 15 is 0 Å². The van der Waals surface area contributed by atoms with Crippen LogP contribution in [-0.4, -0.2) is 66.1 Å². The van der Waals surface area contributed by atoms with Crippen LogP contribution in [0.2, 0.25) is 0 Å². The lowest BCUT2D eigenvalue weighted by molar-refractivity contribution is -0.186. The Hall–Kier alpha value is -1.84. The number of fused-ring (bicyclic) bond motifs is 2. The summed E-state index contributed by atoms with van der Waals surface area (Å²) in [5, 5.41) is 3.43. The molecule has 2 fully saturated rings. The van der Waals surface area contributed by atoms with Crippen LogP contribution in [0.3, 0.4) is 0 Å². The zero-order chi connectivity index (χ0) is 28.0. The van der Waals surface area contributed by atoms with Crippen LogP contribution in [0.1, 0.15) is 71.9 Å². The highest BCUT2D eigenvalue weighted by Gasteiger charge is 2.43. The van der Waals surface area contributed by atoms with E-state index in [1.807, 2.05) is 12.1 Å². The Morgan fingerprint density at radius 3 is 1.76 bits per heavy atom. The van der Waals surface area contributed by atoms with E-state index in [1.165, 1.54) is 74.7 Å². The third-order valence-electron chi connectivity index (χ3n) is 8.68. The standard InChI is InChI=1S/C17H21F3N2O.C15H22N2.2ClH/c18-17(19,20)16(23)22-9-6-14-10-13(4-5-15(14)12-22)11-21-7-2-1-3-8-21;1-2-8-17(9-3-1)12-13-4-5-15-11-16-7-6-14(15)10-13;;/h4-5,10H,1-3,6-9,11-12H2;4-5,10,16H,1-3,6-9,11-12H2;2*1H. The summed E-state index contributed by atoms with van der Waals surface area (Å²) in [6.07, 6.45) is 4.86. The summed E-state index contributed by atoms with van der Waals surface area (Å²) in [5.74, 6) is -1.74. The molecule has 0 aliphatic carbocycles. The first-order valence-corrected chi connectivity index (χ1v) is 15.1. The smallest absolute Gasteiger partial charge is 0.330 e. The molecule has 2 aromatic rings. The van der Waals surface area contributed by atoms with Crippen molar-refractivity contribution in [3.05, 3.63) is 69.8 Å². The second-order valence-corrected chi connectivity index (χ2v) is 11.8. The fourth-order valence-electron chi connectivity index (χ4n) is 6.44. The molecule has 234 valence electrons. The van der Waals surface area contributed by atoms with Gasteiger partial charge in [0.15, 0.2) is 0 Å². The van der Waals surface area contributed by atoms with E-state index in [2.05, 4.69) is 39.4 Å². The topological polar surface area (TPSA) is 38.8 Å². The van der Waals surface area contributed by atoms with E-state index in [0.29, 0.717) is 6.42 Å². The number of halogens is 5. The molecule has 0 spiro atoms. The van der Waals surface area contributed by atoms with E-state index in [1.54, 1.807) is 5.56 Å². The molecule has 5 nitrogen and oxygen atoms in total. The highest BCUT2D eigenvalue weighted by molar-refractivity contribution is 5.85. The lowest BCUT2D eigenvalue weighted by Gasteiger charge is -2.30. The van der Waals surface area contributed by atoms with E-state index in [0.717, 1.165) is 55.3 Å². The van der Waals surface area contributed by atoms with Crippen molar-refractivity contribution in [3.63, 3.8) is 0 Å². The largest absolute Gasteiger partial charge is 0.471 e.